The molecule has 6 nitrogen and oxygen atoms in total. The third-order valence-electron chi connectivity index (χ3n) is 9.12. The lowest BCUT2D eigenvalue weighted by Crippen LogP contribution is -2.58. The van der Waals surface area contributed by atoms with Gasteiger partial charge in [0.25, 0.3) is 0 Å². The molecule has 0 amide bonds. The van der Waals surface area contributed by atoms with E-state index in [-0.39, 0.29) is 11.2 Å². The number of allylic oxidation sites excluding steroid dienone is 1. The van der Waals surface area contributed by atoms with E-state index in [0.29, 0.717) is 30.6 Å². The lowest BCUT2D eigenvalue weighted by molar-refractivity contribution is -0.166. The van der Waals surface area contributed by atoms with Gasteiger partial charge >= 0.3 is 10.4 Å². The van der Waals surface area contributed by atoms with Crippen LogP contribution in [0.2, 0.25) is 0 Å². The van der Waals surface area contributed by atoms with Crippen LogP contribution >= 0.6 is 0 Å². The van der Waals surface area contributed by atoms with Crippen molar-refractivity contribution in [3.05, 3.63) is 11.6 Å². The summed E-state index contributed by atoms with van der Waals surface area (Å²) in [7, 11) is -4.62. The van der Waals surface area contributed by atoms with Gasteiger partial charge in [-0.1, -0.05) is 19.4 Å². The van der Waals surface area contributed by atoms with E-state index >= 15 is 0 Å². The van der Waals surface area contributed by atoms with Crippen LogP contribution in [0.25, 0.3) is 0 Å². The molecule has 158 valence electrons. The Kier molecular flexibility index (Phi) is 4.66. The first kappa shape index (κ1) is 20.5. The second-order valence-electron chi connectivity index (χ2n) is 10.1. The predicted molar refractivity (Wildman–Crippen MR) is 104 cm³/mol. The maximum Gasteiger partial charge on any atom is 0.397 e. The van der Waals surface area contributed by atoms with Gasteiger partial charge in [0.2, 0.25) is 0 Å². The monoisotopic (exact) mass is 412 g/mol. The summed E-state index contributed by atoms with van der Waals surface area (Å²) >= 11 is 0. The minimum absolute atomic E-state index is 0.0649. The van der Waals surface area contributed by atoms with E-state index in [0.717, 1.165) is 38.5 Å². The Balaban J connectivity index is 1.64. The van der Waals surface area contributed by atoms with Gasteiger partial charge in [-0.2, -0.15) is 8.42 Å². The first-order valence-corrected chi connectivity index (χ1v) is 11.9. The molecule has 2 N–H and O–H groups in total. The van der Waals surface area contributed by atoms with Gasteiger partial charge in [0.05, 0.1) is 5.60 Å². The minimum Gasteiger partial charge on any atom is -0.387 e. The third-order valence-corrected chi connectivity index (χ3v) is 9.65. The van der Waals surface area contributed by atoms with Crippen molar-refractivity contribution in [1.82, 2.24) is 0 Å². The Hall–Kier alpha value is -0.760. The van der Waals surface area contributed by atoms with E-state index in [1.54, 1.807) is 6.92 Å². The van der Waals surface area contributed by atoms with Crippen molar-refractivity contribution in [2.75, 3.05) is 0 Å². The number of hydrogen-bond acceptors (Lipinski definition) is 5. The van der Waals surface area contributed by atoms with Gasteiger partial charge < -0.3 is 5.11 Å². The van der Waals surface area contributed by atoms with Crippen molar-refractivity contribution in [1.29, 1.82) is 0 Å². The first-order chi connectivity index (χ1) is 12.9. The Bertz CT molecular complexity index is 819. The van der Waals surface area contributed by atoms with E-state index < -0.39 is 27.5 Å². The van der Waals surface area contributed by atoms with Gasteiger partial charge in [-0.05, 0) is 81.1 Å². The molecule has 0 aliphatic heterocycles. The van der Waals surface area contributed by atoms with Gasteiger partial charge in [0, 0.05) is 11.8 Å². The smallest absolute Gasteiger partial charge is 0.387 e. The molecule has 0 aromatic rings. The summed E-state index contributed by atoms with van der Waals surface area (Å²) in [5.41, 5.74) is -0.349. The van der Waals surface area contributed by atoms with Crippen LogP contribution < -0.4 is 0 Å². The molecule has 28 heavy (non-hydrogen) atoms. The summed E-state index contributed by atoms with van der Waals surface area (Å²) in [4.78, 5) is 11.9. The standard InChI is InChI=1S/C21H32O6S/c1-13(27-28(24,25)26)21(23)11-8-18-16-5-4-14-12-15(22)6-9-19(14,2)17(16)7-10-20(18,21)3/h12-13,16-18,23H,4-11H2,1-3H3,(H,24,25,26). The van der Waals surface area contributed by atoms with Gasteiger partial charge in [0.15, 0.2) is 5.78 Å². The van der Waals surface area contributed by atoms with E-state index in [4.69, 9.17) is 8.74 Å². The second-order valence-corrected chi connectivity index (χ2v) is 11.1. The fraction of sp³-hybridized carbons (Fsp3) is 0.857. The topological polar surface area (TPSA) is 101 Å². The summed E-state index contributed by atoms with van der Waals surface area (Å²) in [6.45, 7) is 5.93. The maximum atomic E-state index is 11.9. The average molecular weight is 413 g/mol. The summed E-state index contributed by atoms with van der Waals surface area (Å²) < 4.78 is 36.4. The highest BCUT2D eigenvalue weighted by atomic mass is 32.3. The molecule has 0 saturated heterocycles. The zero-order valence-corrected chi connectivity index (χ0v) is 17.8. The van der Waals surface area contributed by atoms with Crippen molar-refractivity contribution >= 4 is 16.2 Å². The van der Waals surface area contributed by atoms with E-state index in [1.807, 2.05) is 6.08 Å². The van der Waals surface area contributed by atoms with Crippen molar-refractivity contribution in [2.45, 2.75) is 83.8 Å². The zero-order valence-electron chi connectivity index (χ0n) is 17.0. The highest BCUT2D eigenvalue weighted by Crippen LogP contribution is 2.68. The van der Waals surface area contributed by atoms with Crippen LogP contribution in [0.1, 0.15) is 72.1 Å². The van der Waals surface area contributed by atoms with Crippen LogP contribution in [0.4, 0.5) is 0 Å². The molecule has 0 aromatic heterocycles. The quantitative estimate of drug-likeness (QED) is 0.689. The molecule has 7 heteroatoms. The Morgan fingerprint density at radius 2 is 1.79 bits per heavy atom. The SMILES string of the molecule is CC(OS(=O)(=O)O)C1(O)CCC2C3CCC4=CC(=O)CCC4(C)C3CCC21C. The van der Waals surface area contributed by atoms with Crippen molar-refractivity contribution < 1.29 is 27.1 Å². The summed E-state index contributed by atoms with van der Waals surface area (Å²) in [6, 6.07) is 0. The highest BCUT2D eigenvalue weighted by Gasteiger charge is 2.65. The zero-order chi connectivity index (χ0) is 20.5. The van der Waals surface area contributed by atoms with Crippen LogP contribution in [-0.4, -0.2) is 35.6 Å². The molecule has 0 radical (unpaired) electrons. The number of carbonyl (C=O) groups is 1. The van der Waals surface area contributed by atoms with E-state index in [9.17, 15) is 18.3 Å². The van der Waals surface area contributed by atoms with Gasteiger partial charge in [0.1, 0.15) is 6.10 Å². The Morgan fingerprint density at radius 1 is 1.11 bits per heavy atom. The third kappa shape index (κ3) is 2.84. The molecule has 3 fully saturated rings. The number of rotatable bonds is 3. The number of carbonyl (C=O) groups excluding carboxylic acids is 1. The van der Waals surface area contributed by atoms with Crippen molar-refractivity contribution in [3.63, 3.8) is 0 Å². The van der Waals surface area contributed by atoms with Crippen LogP contribution in [0, 0.1) is 28.6 Å². The fourth-order valence-corrected chi connectivity index (χ4v) is 8.06. The molecule has 0 aromatic carbocycles. The molecule has 4 rings (SSSR count). The molecule has 0 spiro atoms. The molecule has 0 bridgehead atoms. The average Bonchev–Trinajstić information content (AvgIpc) is 2.87. The van der Waals surface area contributed by atoms with E-state index in [2.05, 4.69) is 13.8 Å². The molecule has 4 aliphatic rings. The van der Waals surface area contributed by atoms with Crippen LogP contribution in [0.5, 0.6) is 0 Å². The molecule has 3 saturated carbocycles. The maximum absolute atomic E-state index is 11.9. The minimum atomic E-state index is -4.62. The summed E-state index contributed by atoms with van der Waals surface area (Å²) in [6.07, 6.45) is 7.45. The van der Waals surface area contributed by atoms with E-state index in [1.165, 1.54) is 5.57 Å². The Labute approximate surface area is 167 Å². The normalized spacial score (nSPS) is 47.0. The first-order valence-electron chi connectivity index (χ1n) is 10.5. The lowest BCUT2D eigenvalue weighted by atomic mass is 9.46. The molecular weight excluding hydrogens is 380 g/mol. The summed E-state index contributed by atoms with van der Waals surface area (Å²) in [5, 5.41) is 11.5. The van der Waals surface area contributed by atoms with Crippen molar-refractivity contribution in [2.24, 2.45) is 28.6 Å². The van der Waals surface area contributed by atoms with Crippen LogP contribution in [0.15, 0.2) is 11.6 Å². The molecule has 4 aliphatic carbocycles. The summed E-state index contributed by atoms with van der Waals surface area (Å²) in [5.74, 6) is 1.50. The highest BCUT2D eigenvalue weighted by molar-refractivity contribution is 7.80. The number of fused-ring (bicyclic) bond motifs is 5. The predicted octanol–water partition coefficient (Wildman–Crippen LogP) is 3.46. The number of hydrogen-bond donors (Lipinski definition) is 2. The number of ketones is 1. The van der Waals surface area contributed by atoms with Crippen molar-refractivity contribution in [3.8, 4) is 0 Å². The number of aliphatic hydroxyl groups is 1. The van der Waals surface area contributed by atoms with Crippen LogP contribution in [-0.2, 0) is 19.4 Å². The van der Waals surface area contributed by atoms with Gasteiger partial charge in [-0.25, -0.2) is 4.18 Å². The molecule has 7 unspecified atom stereocenters. The fourth-order valence-electron chi connectivity index (χ4n) is 7.54. The van der Waals surface area contributed by atoms with Gasteiger partial charge in [-0.15, -0.1) is 0 Å². The van der Waals surface area contributed by atoms with Crippen LogP contribution in [0.3, 0.4) is 0 Å². The molecule has 7 atom stereocenters. The Morgan fingerprint density at radius 3 is 2.46 bits per heavy atom. The largest absolute Gasteiger partial charge is 0.397 e. The second kappa shape index (κ2) is 6.37. The molecule has 0 heterocycles. The van der Waals surface area contributed by atoms with Gasteiger partial charge in [-0.3, -0.25) is 9.35 Å². The molecular formula is C21H32O6S. The lowest BCUT2D eigenvalue weighted by Gasteiger charge is -2.59.